The van der Waals surface area contributed by atoms with Crippen LogP contribution in [0.15, 0.2) is 30.3 Å². The summed E-state index contributed by atoms with van der Waals surface area (Å²) in [6, 6.07) is 8.47. The highest BCUT2D eigenvalue weighted by Crippen LogP contribution is 2.31. The molecule has 0 saturated carbocycles. The van der Waals surface area contributed by atoms with Gasteiger partial charge in [0.05, 0.1) is 31.0 Å². The zero-order valence-electron chi connectivity index (χ0n) is 20.5. The van der Waals surface area contributed by atoms with Crippen LogP contribution in [0.25, 0.3) is 11.3 Å². The third kappa shape index (κ3) is 4.77. The van der Waals surface area contributed by atoms with Gasteiger partial charge < -0.3 is 14.5 Å². The second-order valence-corrected chi connectivity index (χ2v) is 9.53. The number of amides is 1. The van der Waals surface area contributed by atoms with Crippen LogP contribution in [0.1, 0.15) is 40.8 Å². The molecule has 3 aromatic rings. The molecule has 4 heterocycles. The molecule has 5 rings (SSSR count). The van der Waals surface area contributed by atoms with Crippen molar-refractivity contribution in [1.29, 1.82) is 0 Å². The van der Waals surface area contributed by atoms with Crippen molar-refractivity contribution < 1.29 is 13.9 Å². The van der Waals surface area contributed by atoms with Crippen molar-refractivity contribution in [2.75, 3.05) is 37.7 Å². The lowest BCUT2D eigenvalue weighted by Crippen LogP contribution is -2.44. The zero-order valence-corrected chi connectivity index (χ0v) is 20.5. The molecule has 2 aliphatic heterocycles. The highest BCUT2D eigenvalue weighted by atomic mass is 19.1. The molecular weight excluding hydrogens is 447 g/mol. The first-order valence-electron chi connectivity index (χ1n) is 12.2. The smallest absolute Gasteiger partial charge is 0.258 e. The normalized spacial score (nSPS) is 18.7. The van der Waals surface area contributed by atoms with Crippen LogP contribution in [0.4, 0.5) is 10.3 Å². The predicted octanol–water partition coefficient (Wildman–Crippen LogP) is 3.61. The summed E-state index contributed by atoms with van der Waals surface area (Å²) in [6.07, 6.45) is 0.782. The van der Waals surface area contributed by atoms with E-state index in [9.17, 15) is 9.18 Å². The molecule has 1 unspecified atom stereocenters. The molecule has 1 aromatic carbocycles. The first-order chi connectivity index (χ1) is 16.9. The van der Waals surface area contributed by atoms with Gasteiger partial charge in [-0.25, -0.2) is 14.4 Å². The topological polar surface area (TPSA) is 76.4 Å². The number of carbonyl (C=O) groups is 1. The first kappa shape index (κ1) is 23.4. The molecule has 1 fully saturated rings. The summed E-state index contributed by atoms with van der Waals surface area (Å²) in [7, 11) is 0. The lowest BCUT2D eigenvalue weighted by Gasteiger charge is -2.34. The van der Waals surface area contributed by atoms with Gasteiger partial charge in [0, 0.05) is 43.1 Å². The summed E-state index contributed by atoms with van der Waals surface area (Å²) in [5, 5.41) is 4.65. The Hall–Kier alpha value is -3.33. The van der Waals surface area contributed by atoms with Gasteiger partial charge >= 0.3 is 0 Å². The molecule has 8 nitrogen and oxygen atoms in total. The van der Waals surface area contributed by atoms with Crippen LogP contribution in [0.2, 0.25) is 0 Å². The van der Waals surface area contributed by atoms with Crippen LogP contribution in [0.5, 0.6) is 0 Å². The third-order valence-corrected chi connectivity index (χ3v) is 6.55. The lowest BCUT2D eigenvalue weighted by atomic mass is 10.0. The number of fused-ring (bicyclic) bond motifs is 1. The fourth-order valence-corrected chi connectivity index (χ4v) is 5.03. The minimum Gasteiger partial charge on any atom is -0.373 e. The first-order valence-corrected chi connectivity index (χ1v) is 12.2. The van der Waals surface area contributed by atoms with E-state index in [1.54, 1.807) is 22.9 Å². The van der Waals surface area contributed by atoms with Crippen LogP contribution in [0, 0.1) is 25.6 Å². The number of anilines is 1. The van der Waals surface area contributed by atoms with Gasteiger partial charge in [0.2, 0.25) is 5.95 Å². The van der Waals surface area contributed by atoms with Crippen molar-refractivity contribution >= 4 is 11.9 Å². The lowest BCUT2D eigenvalue weighted by molar-refractivity contribution is 0.0678. The van der Waals surface area contributed by atoms with Crippen molar-refractivity contribution in [2.24, 2.45) is 5.92 Å². The summed E-state index contributed by atoms with van der Waals surface area (Å²) in [4.78, 5) is 27.3. The molecule has 1 amide bonds. The summed E-state index contributed by atoms with van der Waals surface area (Å²) in [5.41, 5.74) is 3.82. The van der Waals surface area contributed by atoms with Gasteiger partial charge in [-0.2, -0.15) is 5.10 Å². The molecule has 0 aliphatic carbocycles. The van der Waals surface area contributed by atoms with Crippen LogP contribution in [-0.2, 0) is 17.9 Å². The average Bonchev–Trinajstić information content (AvgIpc) is 3.19. The highest BCUT2D eigenvalue weighted by molar-refractivity contribution is 6.01. The van der Waals surface area contributed by atoms with Crippen molar-refractivity contribution in [3.63, 3.8) is 0 Å². The van der Waals surface area contributed by atoms with Gasteiger partial charge in [-0.1, -0.05) is 19.1 Å². The maximum atomic E-state index is 14.7. The number of benzene rings is 1. The Morgan fingerprint density at radius 2 is 1.86 bits per heavy atom. The Morgan fingerprint density at radius 3 is 2.63 bits per heavy atom. The van der Waals surface area contributed by atoms with E-state index in [1.807, 2.05) is 24.8 Å². The fraction of sp³-hybridized carbons (Fsp3) is 0.462. The van der Waals surface area contributed by atoms with E-state index in [4.69, 9.17) is 4.74 Å². The van der Waals surface area contributed by atoms with E-state index in [2.05, 4.69) is 26.9 Å². The van der Waals surface area contributed by atoms with Crippen LogP contribution in [-0.4, -0.2) is 63.3 Å². The van der Waals surface area contributed by atoms with Gasteiger partial charge in [-0.05, 0) is 44.4 Å². The maximum Gasteiger partial charge on any atom is 0.258 e. The minimum atomic E-state index is -0.386. The average molecular weight is 479 g/mol. The summed E-state index contributed by atoms with van der Waals surface area (Å²) in [5.74, 6) is 0.447. The number of halogens is 1. The molecule has 2 aliphatic rings. The second-order valence-electron chi connectivity index (χ2n) is 9.53. The van der Waals surface area contributed by atoms with E-state index in [-0.39, 0.29) is 17.6 Å². The molecule has 1 saturated heterocycles. The van der Waals surface area contributed by atoms with E-state index < -0.39 is 0 Å². The van der Waals surface area contributed by atoms with Crippen molar-refractivity contribution in [2.45, 2.75) is 40.3 Å². The summed E-state index contributed by atoms with van der Waals surface area (Å²) < 4.78 is 22.2. The number of ether oxygens (including phenoxy) is 1. The molecule has 0 spiro atoms. The molecule has 1 atom stereocenters. The predicted molar refractivity (Wildman–Crippen MR) is 131 cm³/mol. The van der Waals surface area contributed by atoms with E-state index in [1.165, 1.54) is 6.07 Å². The zero-order chi connectivity index (χ0) is 24.5. The number of nitrogens with zero attached hydrogens (tertiary/aromatic N) is 6. The van der Waals surface area contributed by atoms with E-state index >= 15 is 0 Å². The number of carbonyl (C=O) groups excluding carboxylic acids is 1. The van der Waals surface area contributed by atoms with Gasteiger partial charge in [0.1, 0.15) is 11.5 Å². The molecule has 184 valence electrons. The Balaban J connectivity index is 1.42. The molecular formula is C26H31FN6O2. The maximum absolute atomic E-state index is 14.7. The number of aryl methyl sites for hydroxylation is 2. The summed E-state index contributed by atoms with van der Waals surface area (Å²) in [6.45, 7) is 10.1. The van der Waals surface area contributed by atoms with Crippen molar-refractivity contribution in [1.82, 2.24) is 24.6 Å². The van der Waals surface area contributed by atoms with Gasteiger partial charge in [-0.15, -0.1) is 0 Å². The molecule has 9 heteroatoms. The van der Waals surface area contributed by atoms with E-state index in [0.29, 0.717) is 49.7 Å². The van der Waals surface area contributed by atoms with Crippen LogP contribution < -0.4 is 4.90 Å². The molecule has 0 radical (unpaired) electrons. The molecule has 2 aromatic heterocycles. The number of hydrogen-bond acceptors (Lipinski definition) is 6. The quantitative estimate of drug-likeness (QED) is 0.572. The molecule has 0 N–H and O–H groups in total. The molecule has 35 heavy (non-hydrogen) atoms. The SMILES string of the molecule is Cc1cc(C)nc(N2CCCN(C(=O)c3c(-c4ccccc4F)nn4c3COCC4)CC(C)C2)n1. The number of hydrogen-bond donors (Lipinski definition) is 0. The molecule has 0 bridgehead atoms. The second kappa shape index (κ2) is 9.73. The van der Waals surface area contributed by atoms with Gasteiger partial charge in [0.25, 0.3) is 5.91 Å². The minimum absolute atomic E-state index is 0.113. The number of aromatic nitrogens is 4. The number of rotatable bonds is 3. The Bertz CT molecular complexity index is 1220. The Morgan fingerprint density at radius 1 is 1.09 bits per heavy atom. The van der Waals surface area contributed by atoms with Crippen LogP contribution >= 0.6 is 0 Å². The fourth-order valence-electron chi connectivity index (χ4n) is 5.03. The van der Waals surface area contributed by atoms with Crippen molar-refractivity contribution in [3.05, 3.63) is 58.8 Å². The third-order valence-electron chi connectivity index (χ3n) is 6.55. The van der Waals surface area contributed by atoms with Crippen LogP contribution in [0.3, 0.4) is 0 Å². The van der Waals surface area contributed by atoms with Crippen molar-refractivity contribution in [3.8, 4) is 11.3 Å². The Labute approximate surface area is 204 Å². The standard InChI is InChI=1S/C26H31FN6O2/c1-17-14-31(9-6-10-32(15-17)26-28-18(2)13-19(3)29-26)25(34)23-22-16-35-12-11-33(22)30-24(23)20-7-4-5-8-21(20)27/h4-5,7-8,13,17H,6,9-12,14-16H2,1-3H3. The Kier molecular flexibility index (Phi) is 6.51. The summed E-state index contributed by atoms with van der Waals surface area (Å²) >= 11 is 0. The van der Waals surface area contributed by atoms with Gasteiger partial charge in [0.15, 0.2) is 0 Å². The largest absolute Gasteiger partial charge is 0.373 e. The monoisotopic (exact) mass is 478 g/mol. The van der Waals surface area contributed by atoms with Gasteiger partial charge in [-0.3, -0.25) is 9.48 Å². The highest BCUT2D eigenvalue weighted by Gasteiger charge is 2.32. The van der Waals surface area contributed by atoms with E-state index in [0.717, 1.165) is 42.5 Å².